The minimum absolute atomic E-state index is 0.0106. The molecule has 8 nitrogen and oxygen atoms in total. The van der Waals surface area contributed by atoms with Crippen LogP contribution in [0.15, 0.2) is 65.3 Å². The van der Waals surface area contributed by atoms with E-state index in [1.54, 1.807) is 31.2 Å². The number of ether oxygens (including phenoxy) is 3. The predicted octanol–water partition coefficient (Wildman–Crippen LogP) is 6.19. The summed E-state index contributed by atoms with van der Waals surface area (Å²) in [6.07, 6.45) is 1.51. The largest absolute Gasteiger partial charge is 0.490 e. The van der Waals surface area contributed by atoms with Crippen molar-refractivity contribution < 1.29 is 23.9 Å². The second-order valence-corrected chi connectivity index (χ2v) is 8.54. The van der Waals surface area contributed by atoms with Gasteiger partial charge in [-0.2, -0.15) is 0 Å². The molecule has 0 spiro atoms. The number of esters is 1. The van der Waals surface area contributed by atoms with E-state index in [4.69, 9.17) is 25.8 Å². The van der Waals surface area contributed by atoms with Crippen LogP contribution in [0.2, 0.25) is 5.02 Å². The number of halogens is 1. The van der Waals surface area contributed by atoms with Crippen molar-refractivity contribution >= 4 is 35.2 Å². The number of hydrogen-bond acceptors (Lipinski definition) is 7. The molecule has 9 heteroatoms. The van der Waals surface area contributed by atoms with E-state index in [-0.39, 0.29) is 17.3 Å². The summed E-state index contributed by atoms with van der Waals surface area (Å²) < 4.78 is 17.0. The van der Waals surface area contributed by atoms with Gasteiger partial charge in [0.25, 0.3) is 5.69 Å². The van der Waals surface area contributed by atoms with Crippen molar-refractivity contribution in [3.8, 4) is 11.5 Å². The first-order valence-corrected chi connectivity index (χ1v) is 11.6. The molecule has 0 radical (unpaired) electrons. The maximum absolute atomic E-state index is 12.5. The molecule has 0 unspecified atom stereocenters. The Bertz CT molecular complexity index is 1410. The second kappa shape index (κ2) is 10.6. The molecule has 0 fully saturated rings. The van der Waals surface area contributed by atoms with E-state index in [1.807, 2.05) is 38.1 Å². The summed E-state index contributed by atoms with van der Waals surface area (Å²) in [5.41, 5.74) is 3.44. The third kappa shape index (κ3) is 5.55. The molecule has 0 saturated carbocycles. The van der Waals surface area contributed by atoms with Crippen molar-refractivity contribution in [2.24, 2.45) is 4.99 Å². The van der Waals surface area contributed by atoms with E-state index >= 15 is 0 Å². The van der Waals surface area contributed by atoms with Gasteiger partial charge in [-0.25, -0.2) is 9.79 Å². The molecule has 0 N–H and O–H groups in total. The van der Waals surface area contributed by atoms with Crippen molar-refractivity contribution in [3.63, 3.8) is 0 Å². The van der Waals surface area contributed by atoms with E-state index in [0.29, 0.717) is 46.4 Å². The Kier molecular flexibility index (Phi) is 7.36. The first-order valence-electron chi connectivity index (χ1n) is 11.2. The molecule has 1 heterocycles. The van der Waals surface area contributed by atoms with Crippen LogP contribution < -0.4 is 9.47 Å². The maximum Gasteiger partial charge on any atom is 0.363 e. The number of nitro benzene ring substituents is 1. The molecule has 0 bridgehead atoms. The van der Waals surface area contributed by atoms with E-state index in [9.17, 15) is 14.9 Å². The highest BCUT2D eigenvalue weighted by atomic mass is 35.5. The highest BCUT2D eigenvalue weighted by molar-refractivity contribution is 6.32. The summed E-state index contributed by atoms with van der Waals surface area (Å²) in [4.78, 5) is 27.5. The summed E-state index contributed by atoms with van der Waals surface area (Å²) in [7, 11) is 0. The number of rotatable bonds is 8. The van der Waals surface area contributed by atoms with Crippen molar-refractivity contribution in [1.82, 2.24) is 0 Å². The van der Waals surface area contributed by atoms with Crippen LogP contribution in [0.3, 0.4) is 0 Å². The number of carbonyl (C=O) groups excluding carboxylic acids is 1. The SMILES string of the molecule is CCOc1cc(/C=C2\N=C(c3ccc(C)c([N+](=O)[O-])c3)OC2=O)cc(Cl)c1OCc1cccc(C)c1. The average molecular weight is 507 g/mol. The second-order valence-electron chi connectivity index (χ2n) is 8.14. The number of aryl methyl sites for hydroxylation is 2. The van der Waals surface area contributed by atoms with Crippen LogP contribution >= 0.6 is 11.6 Å². The lowest BCUT2D eigenvalue weighted by Crippen LogP contribution is -2.06. The Balaban J connectivity index is 1.63. The van der Waals surface area contributed by atoms with Crippen LogP contribution in [0, 0.1) is 24.0 Å². The van der Waals surface area contributed by atoms with Crippen LogP contribution in [0.25, 0.3) is 6.08 Å². The molecule has 0 atom stereocenters. The molecule has 0 aliphatic carbocycles. The van der Waals surface area contributed by atoms with Gasteiger partial charge in [-0.3, -0.25) is 10.1 Å². The zero-order valence-corrected chi connectivity index (χ0v) is 20.7. The Morgan fingerprint density at radius 2 is 1.92 bits per heavy atom. The van der Waals surface area contributed by atoms with Gasteiger partial charge in [0.15, 0.2) is 17.2 Å². The first-order chi connectivity index (χ1) is 17.2. The fourth-order valence-electron chi connectivity index (χ4n) is 3.66. The monoisotopic (exact) mass is 506 g/mol. The number of nitrogens with zero attached hydrogens (tertiary/aromatic N) is 2. The Morgan fingerprint density at radius 3 is 2.64 bits per heavy atom. The number of carbonyl (C=O) groups is 1. The molecule has 184 valence electrons. The van der Waals surface area contributed by atoms with Crippen molar-refractivity contribution in [1.29, 1.82) is 0 Å². The number of aliphatic imine (C=N–C) groups is 1. The number of hydrogen-bond donors (Lipinski definition) is 0. The summed E-state index contributed by atoms with van der Waals surface area (Å²) in [6.45, 7) is 6.17. The minimum atomic E-state index is -0.679. The molecular weight excluding hydrogens is 484 g/mol. The van der Waals surface area contributed by atoms with Gasteiger partial charge in [0.05, 0.1) is 16.6 Å². The molecule has 3 aromatic carbocycles. The van der Waals surface area contributed by atoms with E-state index in [2.05, 4.69) is 4.99 Å². The molecule has 0 amide bonds. The molecule has 4 rings (SSSR count). The first kappa shape index (κ1) is 24.9. The van der Waals surface area contributed by atoms with Gasteiger partial charge >= 0.3 is 5.97 Å². The zero-order valence-electron chi connectivity index (χ0n) is 19.9. The fraction of sp³-hybridized carbons (Fsp3) is 0.185. The Hall–Kier alpha value is -4.17. The van der Waals surface area contributed by atoms with Crippen molar-refractivity contribution in [3.05, 3.63) is 103 Å². The van der Waals surface area contributed by atoms with Gasteiger partial charge in [-0.05, 0) is 56.2 Å². The van der Waals surface area contributed by atoms with Gasteiger partial charge in [-0.15, -0.1) is 0 Å². The van der Waals surface area contributed by atoms with Gasteiger partial charge in [-0.1, -0.05) is 47.5 Å². The lowest BCUT2D eigenvalue weighted by Gasteiger charge is -2.15. The molecule has 1 aliphatic rings. The van der Waals surface area contributed by atoms with Crippen LogP contribution in [0.1, 0.15) is 34.7 Å². The summed E-state index contributed by atoms with van der Waals surface area (Å²) in [6, 6.07) is 15.8. The van der Waals surface area contributed by atoms with E-state index in [1.165, 1.54) is 12.1 Å². The highest BCUT2D eigenvalue weighted by Gasteiger charge is 2.26. The highest BCUT2D eigenvalue weighted by Crippen LogP contribution is 2.38. The minimum Gasteiger partial charge on any atom is -0.490 e. The lowest BCUT2D eigenvalue weighted by atomic mass is 10.1. The molecule has 36 heavy (non-hydrogen) atoms. The molecular formula is C27H23ClN2O6. The Labute approximate surface area is 212 Å². The van der Waals surface area contributed by atoms with Crippen molar-refractivity contribution in [2.45, 2.75) is 27.4 Å². The molecule has 0 saturated heterocycles. The third-order valence-corrected chi connectivity index (χ3v) is 5.65. The van der Waals surface area contributed by atoms with Crippen molar-refractivity contribution in [2.75, 3.05) is 6.61 Å². The Morgan fingerprint density at radius 1 is 1.11 bits per heavy atom. The van der Waals surface area contributed by atoms with E-state index < -0.39 is 10.9 Å². The normalized spacial score (nSPS) is 13.9. The summed E-state index contributed by atoms with van der Waals surface area (Å²) in [5, 5.41) is 11.6. The van der Waals surface area contributed by atoms with E-state index in [0.717, 1.165) is 11.1 Å². The zero-order chi connectivity index (χ0) is 25.8. The maximum atomic E-state index is 12.5. The fourth-order valence-corrected chi connectivity index (χ4v) is 3.94. The third-order valence-electron chi connectivity index (χ3n) is 5.37. The van der Waals surface area contributed by atoms with Crippen LogP contribution in [0.5, 0.6) is 11.5 Å². The van der Waals surface area contributed by atoms with Crippen LogP contribution in [-0.4, -0.2) is 23.4 Å². The molecule has 0 aromatic heterocycles. The predicted molar refractivity (Wildman–Crippen MR) is 137 cm³/mol. The lowest BCUT2D eigenvalue weighted by molar-refractivity contribution is -0.385. The standard InChI is InChI=1S/C27H23ClN2O6/c1-4-34-24-13-19(11-21(28)25(24)35-15-18-7-5-6-16(2)10-18)12-22-27(31)36-26(29-22)20-9-8-17(3)23(14-20)30(32)33/h5-14H,4,15H2,1-3H3/b22-12-. The quantitative estimate of drug-likeness (QED) is 0.156. The topological polar surface area (TPSA) is 100 Å². The van der Waals surface area contributed by atoms with Crippen LogP contribution in [0.4, 0.5) is 5.69 Å². The molecule has 1 aliphatic heterocycles. The van der Waals surface area contributed by atoms with Gasteiger partial charge in [0.2, 0.25) is 5.90 Å². The summed E-state index contributed by atoms with van der Waals surface area (Å²) >= 11 is 6.53. The van der Waals surface area contributed by atoms with Gasteiger partial charge < -0.3 is 14.2 Å². The number of benzene rings is 3. The molecule has 3 aromatic rings. The average Bonchev–Trinajstić information content (AvgIpc) is 3.19. The summed E-state index contributed by atoms with van der Waals surface area (Å²) in [5.74, 6) is 0.132. The number of cyclic esters (lactones) is 1. The smallest absolute Gasteiger partial charge is 0.363 e. The number of nitro groups is 1. The van der Waals surface area contributed by atoms with Crippen LogP contribution in [-0.2, 0) is 16.1 Å². The van der Waals surface area contributed by atoms with Gasteiger partial charge in [0.1, 0.15) is 6.61 Å². The van der Waals surface area contributed by atoms with Gasteiger partial charge in [0, 0.05) is 17.2 Å².